The van der Waals surface area contributed by atoms with Gasteiger partial charge >= 0.3 is 5.97 Å². The molecule has 11 unspecified atom stereocenters. The Labute approximate surface area is 402 Å². The number of carbonyl (C=O) groups excluding carboxylic acids is 1. The van der Waals surface area contributed by atoms with Crippen molar-refractivity contribution >= 4 is 5.97 Å². The number of hydrogen-bond acceptors (Lipinski definition) is 14. The van der Waals surface area contributed by atoms with Crippen LogP contribution in [0.25, 0.3) is 0 Å². The molecular formula is C53H90O14. The van der Waals surface area contributed by atoms with Crippen LogP contribution in [0.4, 0.5) is 0 Å². The molecule has 2 saturated heterocycles. The zero-order valence-corrected chi connectivity index (χ0v) is 40.9. The molecule has 0 saturated carbocycles. The summed E-state index contributed by atoms with van der Waals surface area (Å²) in [6.45, 7) is 3.48. The van der Waals surface area contributed by atoms with Gasteiger partial charge in [0.2, 0.25) is 0 Å². The summed E-state index contributed by atoms with van der Waals surface area (Å²) in [5.74, 6) is -0.412. The maximum atomic E-state index is 13.0. The van der Waals surface area contributed by atoms with Crippen LogP contribution in [0, 0.1) is 0 Å². The first-order valence-electron chi connectivity index (χ1n) is 25.5. The Morgan fingerprint density at radius 1 is 0.507 bits per heavy atom. The fourth-order valence-electron chi connectivity index (χ4n) is 7.54. The van der Waals surface area contributed by atoms with Gasteiger partial charge in [-0.2, -0.15) is 0 Å². The quantitative estimate of drug-likeness (QED) is 0.0181. The van der Waals surface area contributed by atoms with E-state index in [1.54, 1.807) is 0 Å². The molecule has 386 valence electrons. The molecule has 2 rings (SSSR count). The number of unbranched alkanes of at least 4 members (excludes halogenated alkanes) is 13. The van der Waals surface area contributed by atoms with E-state index in [0.29, 0.717) is 13.0 Å². The topological polar surface area (TPSA) is 214 Å². The summed E-state index contributed by atoms with van der Waals surface area (Å²) < 4.78 is 34.2. The predicted octanol–water partition coefficient (Wildman–Crippen LogP) is 7.51. The number of rotatable bonds is 39. The Morgan fingerprint density at radius 2 is 0.970 bits per heavy atom. The van der Waals surface area contributed by atoms with Gasteiger partial charge in [0.25, 0.3) is 0 Å². The highest BCUT2D eigenvalue weighted by Gasteiger charge is 2.47. The molecule has 14 nitrogen and oxygen atoms in total. The second kappa shape index (κ2) is 40.2. The number of ether oxygens (including phenoxy) is 6. The lowest BCUT2D eigenvalue weighted by molar-refractivity contribution is -0.332. The van der Waals surface area contributed by atoms with Crippen molar-refractivity contribution in [3.63, 3.8) is 0 Å². The van der Waals surface area contributed by atoms with Gasteiger partial charge in [-0.25, -0.2) is 0 Å². The summed E-state index contributed by atoms with van der Waals surface area (Å²) in [4.78, 5) is 13.0. The average Bonchev–Trinajstić information content (AvgIpc) is 3.32. The summed E-state index contributed by atoms with van der Waals surface area (Å²) in [5.41, 5.74) is 0. The van der Waals surface area contributed by atoms with Crippen molar-refractivity contribution in [3.8, 4) is 0 Å². The first kappa shape index (κ1) is 60.6. The number of aliphatic hydroxyl groups excluding tert-OH is 7. The fraction of sp³-hybridized carbons (Fsp3) is 0.755. The Balaban J connectivity index is 1.80. The van der Waals surface area contributed by atoms with Gasteiger partial charge < -0.3 is 64.2 Å². The molecule has 0 radical (unpaired) electrons. The molecule has 0 spiro atoms. The third kappa shape index (κ3) is 28.0. The van der Waals surface area contributed by atoms with Crippen LogP contribution in [-0.2, 0) is 33.2 Å². The second-order valence-electron chi connectivity index (χ2n) is 17.6. The van der Waals surface area contributed by atoms with Crippen LogP contribution in [-0.4, -0.2) is 142 Å². The molecule has 0 aliphatic carbocycles. The van der Waals surface area contributed by atoms with E-state index in [1.165, 1.54) is 51.4 Å². The first-order valence-corrected chi connectivity index (χ1v) is 25.5. The smallest absolute Gasteiger partial charge is 0.306 e. The van der Waals surface area contributed by atoms with Crippen LogP contribution >= 0.6 is 0 Å². The van der Waals surface area contributed by atoms with E-state index in [0.717, 1.165) is 77.0 Å². The van der Waals surface area contributed by atoms with Gasteiger partial charge in [0.05, 0.1) is 26.4 Å². The standard InChI is InChI=1S/C53H90O14/c1-3-5-7-9-11-13-15-17-19-20-21-22-23-24-26-28-30-32-34-36-45(55)65-42(39-62-37-35-33-31-29-27-25-18-16-14-12-10-8-6-4-2)40-63-52-51(61)49(59)47(57)44(67-52)41-64-53-50(60)48(58)46(56)43(38-54)66-53/h5,7,11,13-14,16-17,19,21-22,24,26,42-44,46-54,56-61H,3-4,6,8-10,12,15,18,20,23,25,27-41H2,1-2H3/b7-5-,13-11-,16-14-,19-17-,22-21-,26-24-. The van der Waals surface area contributed by atoms with E-state index in [2.05, 4.69) is 86.8 Å². The molecule has 67 heavy (non-hydrogen) atoms. The van der Waals surface area contributed by atoms with Crippen LogP contribution in [0.15, 0.2) is 72.9 Å². The number of allylic oxidation sites excluding steroid dienone is 12. The van der Waals surface area contributed by atoms with Crippen LogP contribution in [0.2, 0.25) is 0 Å². The normalized spacial score (nSPS) is 26.7. The lowest BCUT2D eigenvalue weighted by Gasteiger charge is -2.42. The molecule has 2 fully saturated rings. The molecule has 7 N–H and O–H groups in total. The van der Waals surface area contributed by atoms with E-state index in [1.807, 2.05) is 0 Å². The highest BCUT2D eigenvalue weighted by molar-refractivity contribution is 5.69. The predicted molar refractivity (Wildman–Crippen MR) is 261 cm³/mol. The molecule has 0 aromatic rings. The zero-order valence-electron chi connectivity index (χ0n) is 40.9. The lowest BCUT2D eigenvalue weighted by Crippen LogP contribution is -2.61. The van der Waals surface area contributed by atoms with Gasteiger partial charge in [-0.3, -0.25) is 4.79 Å². The summed E-state index contributed by atoms with van der Waals surface area (Å²) >= 11 is 0. The van der Waals surface area contributed by atoms with Crippen LogP contribution in [0.5, 0.6) is 0 Å². The highest BCUT2D eigenvalue weighted by Crippen LogP contribution is 2.26. The van der Waals surface area contributed by atoms with Gasteiger partial charge in [-0.15, -0.1) is 0 Å². The molecular weight excluding hydrogens is 861 g/mol. The highest BCUT2D eigenvalue weighted by atomic mass is 16.7. The van der Waals surface area contributed by atoms with Crippen molar-refractivity contribution in [2.24, 2.45) is 0 Å². The molecule has 0 amide bonds. The molecule has 11 atom stereocenters. The van der Waals surface area contributed by atoms with E-state index >= 15 is 0 Å². The van der Waals surface area contributed by atoms with Gasteiger partial charge in [0, 0.05) is 13.0 Å². The van der Waals surface area contributed by atoms with E-state index in [9.17, 15) is 40.5 Å². The average molecular weight is 951 g/mol. The summed E-state index contributed by atoms with van der Waals surface area (Å²) in [7, 11) is 0. The monoisotopic (exact) mass is 951 g/mol. The third-order valence-electron chi connectivity index (χ3n) is 11.7. The third-order valence-corrected chi connectivity index (χ3v) is 11.7. The van der Waals surface area contributed by atoms with Crippen molar-refractivity contribution in [3.05, 3.63) is 72.9 Å². The van der Waals surface area contributed by atoms with Crippen molar-refractivity contribution < 1.29 is 69.0 Å². The van der Waals surface area contributed by atoms with Gasteiger partial charge in [0.1, 0.15) is 54.9 Å². The van der Waals surface area contributed by atoms with Crippen molar-refractivity contribution in [2.45, 2.75) is 223 Å². The van der Waals surface area contributed by atoms with Gasteiger partial charge in [0.15, 0.2) is 12.6 Å². The molecule has 14 heteroatoms. The van der Waals surface area contributed by atoms with E-state index in [-0.39, 0.29) is 19.6 Å². The van der Waals surface area contributed by atoms with Crippen molar-refractivity contribution in [2.75, 3.05) is 33.0 Å². The molecule has 2 aliphatic heterocycles. The molecule has 0 aromatic heterocycles. The second-order valence-corrected chi connectivity index (χ2v) is 17.6. The molecule has 2 heterocycles. The summed E-state index contributed by atoms with van der Waals surface area (Å²) in [5, 5.41) is 72.1. The van der Waals surface area contributed by atoms with Crippen LogP contribution in [0.1, 0.15) is 155 Å². The van der Waals surface area contributed by atoms with Crippen molar-refractivity contribution in [1.29, 1.82) is 0 Å². The summed E-state index contributed by atoms with van der Waals surface area (Å²) in [6, 6.07) is 0. The Kier molecular flexibility index (Phi) is 36.3. The largest absolute Gasteiger partial charge is 0.457 e. The summed E-state index contributed by atoms with van der Waals surface area (Å²) in [6.07, 6.45) is 32.5. The SMILES string of the molecule is CC/C=C\C/C=C\C/C=C\C/C=C\C/C=C\CCCCCC(=O)OC(COCCCCCCCC/C=C\CCCCCC)COC1OC(COC2OC(CO)C(O)C(O)C2O)C(O)C(O)C1O. The number of esters is 1. The minimum atomic E-state index is -1.72. The van der Waals surface area contributed by atoms with Crippen molar-refractivity contribution in [1.82, 2.24) is 0 Å². The van der Waals surface area contributed by atoms with Gasteiger partial charge in [-0.05, 0) is 83.5 Å². The maximum absolute atomic E-state index is 13.0. The van der Waals surface area contributed by atoms with Gasteiger partial charge in [-0.1, -0.05) is 138 Å². The van der Waals surface area contributed by atoms with Crippen LogP contribution < -0.4 is 0 Å². The Bertz CT molecular complexity index is 1380. The number of aliphatic hydroxyl groups is 7. The first-order chi connectivity index (χ1) is 32.6. The minimum Gasteiger partial charge on any atom is -0.457 e. The Morgan fingerprint density at radius 3 is 1.54 bits per heavy atom. The molecule has 0 aromatic carbocycles. The minimum absolute atomic E-state index is 0.0399. The van der Waals surface area contributed by atoms with E-state index < -0.39 is 86.7 Å². The Hall–Kier alpha value is -2.57. The zero-order chi connectivity index (χ0) is 48.7. The molecule has 2 aliphatic rings. The number of carbonyl (C=O) groups is 1. The fourth-order valence-corrected chi connectivity index (χ4v) is 7.54. The lowest BCUT2D eigenvalue weighted by atomic mass is 9.98. The number of hydrogen-bond donors (Lipinski definition) is 7. The van der Waals surface area contributed by atoms with Crippen LogP contribution in [0.3, 0.4) is 0 Å². The maximum Gasteiger partial charge on any atom is 0.306 e. The molecule has 0 bridgehead atoms. The van der Waals surface area contributed by atoms with E-state index in [4.69, 9.17) is 28.4 Å².